The van der Waals surface area contributed by atoms with Gasteiger partial charge < -0.3 is 20.3 Å². The SMILES string of the molecule is O=C(O)c1cc([N+](=O)[O-])c(NCC2(O)CCOC2)cc1F. The maximum absolute atomic E-state index is 13.6. The van der Waals surface area contributed by atoms with Crippen molar-refractivity contribution in [3.63, 3.8) is 0 Å². The fourth-order valence-electron chi connectivity index (χ4n) is 2.01. The van der Waals surface area contributed by atoms with E-state index in [2.05, 4.69) is 5.32 Å². The number of nitrogens with one attached hydrogen (secondary N) is 1. The quantitative estimate of drug-likeness (QED) is 0.547. The summed E-state index contributed by atoms with van der Waals surface area (Å²) in [6.45, 7) is 0.371. The summed E-state index contributed by atoms with van der Waals surface area (Å²) in [7, 11) is 0. The largest absolute Gasteiger partial charge is 0.478 e. The average Bonchev–Trinajstić information content (AvgIpc) is 2.83. The van der Waals surface area contributed by atoms with Crippen LogP contribution in [0.5, 0.6) is 0 Å². The first kappa shape index (κ1) is 15.1. The van der Waals surface area contributed by atoms with Crippen molar-refractivity contribution in [2.75, 3.05) is 25.1 Å². The number of nitro groups is 1. The van der Waals surface area contributed by atoms with Crippen LogP contribution in [-0.2, 0) is 4.74 Å². The van der Waals surface area contributed by atoms with Crippen LogP contribution in [0.3, 0.4) is 0 Å². The summed E-state index contributed by atoms with van der Waals surface area (Å²) < 4.78 is 18.6. The molecule has 0 aromatic heterocycles. The van der Waals surface area contributed by atoms with Gasteiger partial charge in [0, 0.05) is 31.7 Å². The Morgan fingerprint density at radius 3 is 2.81 bits per heavy atom. The molecule has 1 aliphatic rings. The first-order valence-electron chi connectivity index (χ1n) is 6.08. The molecular weight excluding hydrogens is 287 g/mol. The second-order valence-corrected chi connectivity index (χ2v) is 4.79. The van der Waals surface area contributed by atoms with Gasteiger partial charge >= 0.3 is 5.97 Å². The maximum atomic E-state index is 13.6. The van der Waals surface area contributed by atoms with Crippen molar-refractivity contribution in [1.29, 1.82) is 0 Å². The van der Waals surface area contributed by atoms with E-state index >= 15 is 0 Å². The predicted molar refractivity (Wildman–Crippen MR) is 68.9 cm³/mol. The number of ether oxygens (including phenoxy) is 1. The lowest BCUT2D eigenvalue weighted by molar-refractivity contribution is -0.384. The van der Waals surface area contributed by atoms with Gasteiger partial charge in [-0.05, 0) is 0 Å². The predicted octanol–water partition coefficient (Wildman–Crippen LogP) is 0.995. The Kier molecular flexibility index (Phi) is 4.05. The molecule has 3 N–H and O–H groups in total. The zero-order chi connectivity index (χ0) is 15.6. The number of rotatable bonds is 5. The van der Waals surface area contributed by atoms with Gasteiger partial charge in [0.25, 0.3) is 5.69 Å². The van der Waals surface area contributed by atoms with Crippen LogP contribution in [0.1, 0.15) is 16.8 Å². The molecule has 114 valence electrons. The van der Waals surface area contributed by atoms with Gasteiger partial charge in [0.2, 0.25) is 0 Å². The molecule has 8 nitrogen and oxygen atoms in total. The van der Waals surface area contributed by atoms with Gasteiger partial charge in [0.1, 0.15) is 22.7 Å². The molecule has 1 aromatic rings. The van der Waals surface area contributed by atoms with Crippen molar-refractivity contribution in [2.24, 2.45) is 0 Å². The smallest absolute Gasteiger partial charge is 0.338 e. The van der Waals surface area contributed by atoms with Crippen LogP contribution >= 0.6 is 0 Å². The minimum Gasteiger partial charge on any atom is -0.478 e. The number of nitrogens with zero attached hydrogens (tertiary/aromatic N) is 1. The summed E-state index contributed by atoms with van der Waals surface area (Å²) >= 11 is 0. The summed E-state index contributed by atoms with van der Waals surface area (Å²) in [6, 6.07) is 1.38. The third-order valence-corrected chi connectivity index (χ3v) is 3.20. The normalized spacial score (nSPS) is 21.2. The molecule has 1 unspecified atom stereocenters. The molecule has 1 atom stereocenters. The number of aliphatic hydroxyl groups is 1. The Morgan fingerprint density at radius 1 is 1.57 bits per heavy atom. The van der Waals surface area contributed by atoms with E-state index in [1.165, 1.54) is 0 Å². The molecule has 0 amide bonds. The lowest BCUT2D eigenvalue weighted by Gasteiger charge is -2.21. The molecule has 0 radical (unpaired) electrons. The molecule has 1 aliphatic heterocycles. The fourth-order valence-corrected chi connectivity index (χ4v) is 2.01. The minimum atomic E-state index is -1.59. The second-order valence-electron chi connectivity index (χ2n) is 4.79. The van der Waals surface area contributed by atoms with Crippen molar-refractivity contribution in [3.8, 4) is 0 Å². The Labute approximate surface area is 118 Å². The molecule has 0 bridgehead atoms. The third kappa shape index (κ3) is 3.26. The van der Waals surface area contributed by atoms with E-state index in [9.17, 15) is 24.4 Å². The summed E-state index contributed by atoms with van der Waals surface area (Å²) in [4.78, 5) is 20.9. The molecular formula is C12H13FN2O6. The van der Waals surface area contributed by atoms with E-state index in [1.807, 2.05) is 0 Å². The van der Waals surface area contributed by atoms with Gasteiger partial charge in [-0.3, -0.25) is 10.1 Å². The fraction of sp³-hybridized carbons (Fsp3) is 0.417. The number of carbonyl (C=O) groups is 1. The number of hydrogen-bond donors (Lipinski definition) is 3. The molecule has 9 heteroatoms. The number of carboxylic acids is 1. The summed E-state index contributed by atoms with van der Waals surface area (Å²) in [5.41, 5.74) is -2.73. The van der Waals surface area contributed by atoms with Gasteiger partial charge in [0.05, 0.1) is 11.5 Å². The van der Waals surface area contributed by atoms with Crippen molar-refractivity contribution in [2.45, 2.75) is 12.0 Å². The zero-order valence-corrected chi connectivity index (χ0v) is 10.8. The molecule has 0 saturated carbocycles. The van der Waals surface area contributed by atoms with Crippen LogP contribution in [0.15, 0.2) is 12.1 Å². The van der Waals surface area contributed by atoms with E-state index in [0.29, 0.717) is 19.1 Å². The molecule has 1 aromatic carbocycles. The Bertz CT molecular complexity index is 585. The molecule has 0 aliphatic carbocycles. The summed E-state index contributed by atoms with van der Waals surface area (Å²) in [5, 5.41) is 32.3. The molecule has 2 rings (SSSR count). The molecule has 1 heterocycles. The lowest BCUT2D eigenvalue weighted by atomic mass is 10.0. The third-order valence-electron chi connectivity index (χ3n) is 3.20. The van der Waals surface area contributed by atoms with Crippen LogP contribution in [-0.4, -0.2) is 46.5 Å². The lowest BCUT2D eigenvalue weighted by Crippen LogP contribution is -2.37. The average molecular weight is 300 g/mol. The van der Waals surface area contributed by atoms with Crippen molar-refractivity contribution >= 4 is 17.3 Å². The Hall–Kier alpha value is -2.26. The monoisotopic (exact) mass is 300 g/mol. The summed E-state index contributed by atoms with van der Waals surface area (Å²) in [5.74, 6) is -2.68. The maximum Gasteiger partial charge on any atom is 0.338 e. The number of carboxylic acid groups (broad SMARTS) is 1. The van der Waals surface area contributed by atoms with Crippen molar-refractivity contribution in [1.82, 2.24) is 0 Å². The molecule has 1 saturated heterocycles. The van der Waals surface area contributed by atoms with E-state index < -0.39 is 33.6 Å². The van der Waals surface area contributed by atoms with Gasteiger partial charge in [-0.2, -0.15) is 0 Å². The highest BCUT2D eigenvalue weighted by Crippen LogP contribution is 2.29. The standard InChI is InChI=1S/C12H13FN2O6/c13-8-4-9(14-5-12(18)1-2-21-6-12)10(15(19)20)3-7(8)11(16)17/h3-4,14,18H,1-2,5-6H2,(H,16,17). The minimum absolute atomic E-state index is 0.0697. The van der Waals surface area contributed by atoms with E-state index in [-0.39, 0.29) is 18.8 Å². The van der Waals surface area contributed by atoms with E-state index in [0.717, 1.165) is 6.07 Å². The van der Waals surface area contributed by atoms with Gasteiger partial charge in [-0.15, -0.1) is 0 Å². The van der Waals surface area contributed by atoms with Crippen LogP contribution in [0.2, 0.25) is 0 Å². The highest BCUT2D eigenvalue weighted by Gasteiger charge is 2.33. The van der Waals surface area contributed by atoms with E-state index in [4.69, 9.17) is 9.84 Å². The second kappa shape index (κ2) is 5.62. The van der Waals surface area contributed by atoms with E-state index in [1.54, 1.807) is 0 Å². The Balaban J connectivity index is 2.27. The molecule has 21 heavy (non-hydrogen) atoms. The van der Waals surface area contributed by atoms with Crippen LogP contribution in [0, 0.1) is 15.9 Å². The number of nitro benzene ring substituents is 1. The van der Waals surface area contributed by atoms with Gasteiger partial charge in [-0.25, -0.2) is 9.18 Å². The summed E-state index contributed by atoms with van der Waals surface area (Å²) in [6.07, 6.45) is 0.351. The van der Waals surface area contributed by atoms with Crippen molar-refractivity contribution < 1.29 is 29.1 Å². The number of halogens is 1. The first-order chi connectivity index (χ1) is 9.82. The number of anilines is 1. The van der Waals surface area contributed by atoms with Crippen molar-refractivity contribution in [3.05, 3.63) is 33.6 Å². The van der Waals surface area contributed by atoms with Gasteiger partial charge in [0.15, 0.2) is 0 Å². The highest BCUT2D eigenvalue weighted by molar-refractivity contribution is 5.90. The zero-order valence-electron chi connectivity index (χ0n) is 10.8. The highest BCUT2D eigenvalue weighted by atomic mass is 19.1. The number of benzene rings is 1. The topological polar surface area (TPSA) is 122 Å². The van der Waals surface area contributed by atoms with Crippen LogP contribution in [0.4, 0.5) is 15.8 Å². The van der Waals surface area contributed by atoms with Crippen LogP contribution < -0.4 is 5.32 Å². The Morgan fingerprint density at radius 2 is 2.29 bits per heavy atom. The molecule has 0 spiro atoms. The van der Waals surface area contributed by atoms with Gasteiger partial charge in [-0.1, -0.05) is 0 Å². The number of aromatic carboxylic acids is 1. The number of hydrogen-bond acceptors (Lipinski definition) is 6. The first-order valence-corrected chi connectivity index (χ1v) is 6.08. The van der Waals surface area contributed by atoms with Crippen LogP contribution in [0.25, 0.3) is 0 Å². The molecule has 1 fully saturated rings.